The molecule has 1 atom stereocenters. The quantitative estimate of drug-likeness (QED) is 0.642. The highest BCUT2D eigenvalue weighted by atomic mass is 31.2. The third-order valence-electron chi connectivity index (χ3n) is 3.85. The number of nitrogens with zero attached hydrogens (tertiary/aromatic N) is 2. The highest BCUT2D eigenvalue weighted by Gasteiger charge is 2.48. The molecule has 2 aromatic carbocycles. The van der Waals surface area contributed by atoms with Gasteiger partial charge in [-0.1, -0.05) is 48.5 Å². The number of hydrogen-bond acceptors (Lipinski definition) is 6. The van der Waals surface area contributed by atoms with Crippen molar-refractivity contribution in [2.75, 3.05) is 0 Å². The van der Waals surface area contributed by atoms with Crippen LogP contribution in [0, 0.1) is 0 Å². The molecule has 0 bridgehead atoms. The Morgan fingerprint density at radius 1 is 1.04 bits per heavy atom. The molecular formula is C19H17N2O4P. The van der Waals surface area contributed by atoms with E-state index in [4.69, 9.17) is 13.9 Å². The van der Waals surface area contributed by atoms with Crippen molar-refractivity contribution >= 4 is 8.09 Å². The van der Waals surface area contributed by atoms with Crippen molar-refractivity contribution in [3.63, 3.8) is 0 Å². The third kappa shape index (κ3) is 3.69. The molecule has 0 spiro atoms. The van der Waals surface area contributed by atoms with Gasteiger partial charge in [-0.05, 0) is 23.8 Å². The number of para-hydroxylation sites is 1. The molecule has 1 aliphatic heterocycles. The van der Waals surface area contributed by atoms with Crippen molar-refractivity contribution in [3.05, 3.63) is 90.3 Å². The molecule has 0 N–H and O–H groups in total. The smallest absolute Gasteiger partial charge is 0.435 e. The van der Waals surface area contributed by atoms with Gasteiger partial charge in [0.15, 0.2) is 5.75 Å². The lowest BCUT2D eigenvalue weighted by atomic mass is 10.2. The van der Waals surface area contributed by atoms with Gasteiger partial charge in [-0.3, -0.25) is 18.9 Å². The molecule has 0 aliphatic carbocycles. The van der Waals surface area contributed by atoms with Crippen LogP contribution in [0.15, 0.2) is 79.1 Å². The standard InChI is InChI=1S/C19H17N2O4P/c22-26(24-18-9-5-2-6-10-18)21(23-15-16-7-3-1-4-8-16)14-17-11-12-20-13-19(17)25-26/h1-13H,14-15H2. The Labute approximate surface area is 152 Å². The van der Waals surface area contributed by atoms with Crippen LogP contribution in [0.2, 0.25) is 0 Å². The summed E-state index contributed by atoms with van der Waals surface area (Å²) in [5.41, 5.74) is 1.79. The van der Waals surface area contributed by atoms with Crippen molar-refractivity contribution in [3.8, 4) is 11.5 Å². The molecule has 132 valence electrons. The van der Waals surface area contributed by atoms with Crippen LogP contribution in [0.1, 0.15) is 11.1 Å². The van der Waals surface area contributed by atoms with Crippen molar-refractivity contribution in [1.29, 1.82) is 0 Å². The van der Waals surface area contributed by atoms with Gasteiger partial charge in [0.2, 0.25) is 5.75 Å². The fourth-order valence-electron chi connectivity index (χ4n) is 2.54. The van der Waals surface area contributed by atoms with Crippen molar-refractivity contribution in [2.24, 2.45) is 0 Å². The topological polar surface area (TPSA) is 66.9 Å². The lowest BCUT2D eigenvalue weighted by Gasteiger charge is -2.37. The van der Waals surface area contributed by atoms with Gasteiger partial charge in [-0.25, -0.2) is 0 Å². The summed E-state index contributed by atoms with van der Waals surface area (Å²) in [7, 11) is -3.74. The Kier molecular flexibility index (Phi) is 4.82. The third-order valence-corrected chi connectivity index (χ3v) is 5.52. The van der Waals surface area contributed by atoms with Crippen LogP contribution in [0.4, 0.5) is 0 Å². The van der Waals surface area contributed by atoms with Crippen LogP contribution >= 0.6 is 8.09 Å². The molecule has 7 heteroatoms. The minimum absolute atomic E-state index is 0.257. The van der Waals surface area contributed by atoms with Crippen LogP contribution in [-0.4, -0.2) is 9.82 Å². The fraction of sp³-hybridized carbons (Fsp3) is 0.105. The monoisotopic (exact) mass is 368 g/mol. The normalized spacial score (nSPS) is 19.4. The summed E-state index contributed by atoms with van der Waals surface area (Å²) in [5, 5.41) is 0. The van der Waals surface area contributed by atoms with Gasteiger partial charge < -0.3 is 4.89 Å². The van der Waals surface area contributed by atoms with Gasteiger partial charge >= 0.3 is 8.09 Å². The first-order chi connectivity index (χ1) is 12.7. The van der Waals surface area contributed by atoms with E-state index in [-0.39, 0.29) is 13.2 Å². The molecule has 0 saturated heterocycles. The van der Waals surface area contributed by atoms with Gasteiger partial charge in [-0.2, -0.15) is 0 Å². The number of benzene rings is 2. The molecule has 2 heterocycles. The number of aromatic nitrogens is 1. The minimum atomic E-state index is -3.74. The Bertz CT molecular complexity index is 866. The van der Waals surface area contributed by atoms with Crippen LogP contribution < -0.4 is 13.9 Å². The Hall–Kier alpha value is -2.50. The summed E-state index contributed by atoms with van der Waals surface area (Å²) >= 11 is 0. The second kappa shape index (κ2) is 7.40. The van der Waals surface area contributed by atoms with E-state index >= 15 is 0 Å². The Morgan fingerprint density at radius 3 is 2.54 bits per heavy atom. The van der Waals surface area contributed by atoms with Gasteiger partial charge in [0.25, 0.3) is 0 Å². The molecule has 26 heavy (non-hydrogen) atoms. The molecule has 3 aromatic rings. The number of hydroxylamine groups is 1. The second-order valence-electron chi connectivity index (χ2n) is 5.72. The number of rotatable bonds is 5. The maximum Gasteiger partial charge on any atom is 0.435 e. The maximum atomic E-state index is 13.4. The van der Waals surface area contributed by atoms with E-state index in [1.54, 1.807) is 36.5 Å². The first-order valence-corrected chi connectivity index (χ1v) is 9.64. The Morgan fingerprint density at radius 2 is 1.77 bits per heavy atom. The van der Waals surface area contributed by atoms with E-state index < -0.39 is 8.09 Å². The molecule has 1 aromatic heterocycles. The summed E-state index contributed by atoms with van der Waals surface area (Å²) < 4.78 is 11.4. The average molecular weight is 368 g/mol. The lowest BCUT2D eigenvalue weighted by Crippen LogP contribution is -2.40. The van der Waals surface area contributed by atoms with E-state index in [9.17, 15) is 4.89 Å². The van der Waals surface area contributed by atoms with E-state index in [0.717, 1.165) is 11.1 Å². The van der Waals surface area contributed by atoms with Gasteiger partial charge in [-0.15, -0.1) is 0 Å². The zero-order chi connectivity index (χ0) is 17.8. The SMILES string of the molecule is [O-][P+]1(Oc2ccccc2)Oc2cnccc2CN1OCc1ccccc1. The van der Waals surface area contributed by atoms with Crippen molar-refractivity contribution < 1.29 is 18.8 Å². The van der Waals surface area contributed by atoms with Gasteiger partial charge in [0.1, 0.15) is 0 Å². The number of fused-ring (bicyclic) bond motifs is 1. The fourth-order valence-corrected chi connectivity index (χ4v) is 4.09. The summed E-state index contributed by atoms with van der Waals surface area (Å²) in [6.45, 7) is 0.529. The molecule has 0 saturated carbocycles. The zero-order valence-electron chi connectivity index (χ0n) is 13.9. The van der Waals surface area contributed by atoms with Crippen LogP contribution in [0.25, 0.3) is 0 Å². The van der Waals surface area contributed by atoms with E-state index in [1.165, 1.54) is 11.0 Å². The van der Waals surface area contributed by atoms with Crippen molar-refractivity contribution in [2.45, 2.75) is 13.2 Å². The van der Waals surface area contributed by atoms with Crippen molar-refractivity contribution in [1.82, 2.24) is 9.82 Å². The zero-order valence-corrected chi connectivity index (χ0v) is 14.8. The van der Waals surface area contributed by atoms with Crippen LogP contribution in [0.5, 0.6) is 11.5 Å². The molecule has 1 unspecified atom stereocenters. The molecule has 1 aliphatic rings. The first kappa shape index (κ1) is 16.9. The van der Waals surface area contributed by atoms with E-state index in [0.29, 0.717) is 11.5 Å². The Balaban J connectivity index is 1.59. The molecule has 0 fully saturated rings. The predicted molar refractivity (Wildman–Crippen MR) is 95.6 cm³/mol. The summed E-state index contributed by atoms with van der Waals surface area (Å²) in [5.74, 6) is 0.878. The van der Waals surface area contributed by atoms with E-state index in [1.807, 2.05) is 36.4 Å². The summed E-state index contributed by atoms with van der Waals surface area (Å²) in [6, 6.07) is 20.4. The number of hydrogen-bond donors (Lipinski definition) is 0. The lowest BCUT2D eigenvalue weighted by molar-refractivity contribution is -0.261. The van der Waals surface area contributed by atoms with Crippen LogP contribution in [0.3, 0.4) is 0 Å². The molecule has 0 amide bonds. The molecule has 0 radical (unpaired) electrons. The molecule has 6 nitrogen and oxygen atoms in total. The first-order valence-electron chi connectivity index (χ1n) is 8.15. The highest BCUT2D eigenvalue weighted by Crippen LogP contribution is 2.59. The largest absolute Gasteiger partial charge is 0.599 e. The predicted octanol–water partition coefficient (Wildman–Crippen LogP) is 3.52. The molecule has 4 rings (SSSR count). The average Bonchev–Trinajstić information content (AvgIpc) is 2.68. The van der Waals surface area contributed by atoms with E-state index in [2.05, 4.69) is 4.98 Å². The maximum absolute atomic E-state index is 13.4. The summed E-state index contributed by atoms with van der Waals surface area (Å²) in [6.07, 6.45) is 3.19. The molecular weight excluding hydrogens is 351 g/mol. The second-order valence-corrected chi connectivity index (χ2v) is 7.47. The highest BCUT2D eigenvalue weighted by molar-refractivity contribution is 7.57. The number of pyridine rings is 1. The summed E-state index contributed by atoms with van der Waals surface area (Å²) in [4.78, 5) is 24.6. The van der Waals surface area contributed by atoms with Gasteiger partial charge in [0.05, 0.1) is 19.3 Å². The minimum Gasteiger partial charge on any atom is -0.599 e. The van der Waals surface area contributed by atoms with Gasteiger partial charge in [0, 0.05) is 16.6 Å². The van der Waals surface area contributed by atoms with Crippen LogP contribution in [-0.2, 0) is 18.0 Å².